The molecule has 25 heavy (non-hydrogen) atoms. The molecular weight excluding hydrogens is 339 g/mol. The first kappa shape index (κ1) is 16.9. The summed E-state index contributed by atoms with van der Waals surface area (Å²) in [5, 5.41) is 14.3. The summed E-state index contributed by atoms with van der Waals surface area (Å²) in [5.41, 5.74) is 3.24. The third-order valence-corrected chi connectivity index (χ3v) is 4.10. The van der Waals surface area contributed by atoms with Crippen LogP contribution in [0.1, 0.15) is 22.5 Å². The molecule has 0 saturated carbocycles. The van der Waals surface area contributed by atoms with Crippen molar-refractivity contribution in [2.24, 2.45) is 0 Å². The molecule has 0 N–H and O–H groups in total. The molecule has 0 aliphatic heterocycles. The Bertz CT molecular complexity index is 954. The number of hydrogen-bond donors (Lipinski definition) is 0. The number of hydrogen-bond acceptors (Lipinski definition) is 3. The molecule has 0 unspecified atom stereocenters. The molecule has 0 amide bonds. The largest absolute Gasteiger partial charge is 0.256 e. The fourth-order valence-electron chi connectivity index (χ4n) is 2.43. The van der Waals surface area contributed by atoms with Gasteiger partial charge in [0.1, 0.15) is 17.0 Å². The van der Waals surface area contributed by atoms with E-state index in [1.54, 1.807) is 41.2 Å². The van der Waals surface area contributed by atoms with Crippen LogP contribution in [0.2, 0.25) is 5.15 Å². The number of nitrogens with zero attached hydrogens (tertiary/aromatic N) is 4. The molecule has 0 spiro atoms. The van der Waals surface area contributed by atoms with E-state index in [2.05, 4.69) is 16.2 Å². The normalized spacial score (nSPS) is 11.4. The Kier molecular flexibility index (Phi) is 4.92. The van der Waals surface area contributed by atoms with Crippen LogP contribution in [0.5, 0.6) is 0 Å². The minimum atomic E-state index is -0.288. The molecule has 0 aliphatic rings. The van der Waals surface area contributed by atoms with Gasteiger partial charge < -0.3 is 0 Å². The van der Waals surface area contributed by atoms with Crippen molar-refractivity contribution >= 4 is 23.3 Å². The van der Waals surface area contributed by atoms with Crippen LogP contribution in [0.25, 0.3) is 11.6 Å². The van der Waals surface area contributed by atoms with Gasteiger partial charge in [0.2, 0.25) is 0 Å². The predicted molar refractivity (Wildman–Crippen MR) is 95.2 cm³/mol. The van der Waals surface area contributed by atoms with Crippen molar-refractivity contribution in [3.05, 3.63) is 82.1 Å². The van der Waals surface area contributed by atoms with Gasteiger partial charge >= 0.3 is 0 Å². The molecule has 124 valence electrons. The van der Waals surface area contributed by atoms with E-state index in [0.717, 1.165) is 5.56 Å². The lowest BCUT2D eigenvalue weighted by Crippen LogP contribution is -2.02. The maximum Gasteiger partial charge on any atom is 0.134 e. The van der Waals surface area contributed by atoms with Crippen molar-refractivity contribution in [2.45, 2.75) is 13.5 Å². The van der Waals surface area contributed by atoms with Crippen LogP contribution in [0.4, 0.5) is 4.39 Å². The van der Waals surface area contributed by atoms with E-state index in [0.29, 0.717) is 34.2 Å². The zero-order valence-electron chi connectivity index (χ0n) is 13.4. The summed E-state index contributed by atoms with van der Waals surface area (Å²) in [6.45, 7) is 2.24. The second-order valence-corrected chi connectivity index (χ2v) is 5.82. The fourth-order valence-corrected chi connectivity index (χ4v) is 2.72. The number of aromatic nitrogens is 3. The van der Waals surface area contributed by atoms with E-state index in [1.807, 2.05) is 13.0 Å². The Morgan fingerprint density at radius 1 is 1.28 bits per heavy atom. The van der Waals surface area contributed by atoms with Crippen molar-refractivity contribution in [1.29, 1.82) is 5.26 Å². The van der Waals surface area contributed by atoms with Crippen molar-refractivity contribution in [2.75, 3.05) is 0 Å². The standard InChI is InChI=1S/C19H14ClFN4/c1-13-17(10-15(11-22)18-4-2-3-9-23-18)19(20)25(24-13)12-14-5-7-16(21)8-6-14/h2-10H,12H2,1H3/b15-10-. The van der Waals surface area contributed by atoms with Crippen molar-refractivity contribution < 1.29 is 4.39 Å². The van der Waals surface area contributed by atoms with Crippen LogP contribution < -0.4 is 0 Å². The molecule has 3 aromatic rings. The average Bonchev–Trinajstić information content (AvgIpc) is 2.89. The number of aryl methyl sites for hydroxylation is 1. The Balaban J connectivity index is 1.95. The van der Waals surface area contributed by atoms with Crippen LogP contribution >= 0.6 is 11.6 Å². The van der Waals surface area contributed by atoms with Crippen LogP contribution in [0.3, 0.4) is 0 Å². The maximum atomic E-state index is 13.0. The van der Waals surface area contributed by atoms with Crippen molar-refractivity contribution in [3.63, 3.8) is 0 Å². The Morgan fingerprint density at radius 3 is 2.68 bits per heavy atom. The van der Waals surface area contributed by atoms with Gasteiger partial charge in [0.25, 0.3) is 0 Å². The van der Waals surface area contributed by atoms with Gasteiger partial charge in [0.05, 0.1) is 23.5 Å². The summed E-state index contributed by atoms with van der Waals surface area (Å²) in [6, 6.07) is 13.7. The number of rotatable bonds is 4. The summed E-state index contributed by atoms with van der Waals surface area (Å²) >= 11 is 6.45. The minimum absolute atomic E-state index is 0.288. The van der Waals surface area contributed by atoms with Gasteiger partial charge in [-0.2, -0.15) is 10.4 Å². The van der Waals surface area contributed by atoms with Gasteiger partial charge in [-0.3, -0.25) is 4.98 Å². The van der Waals surface area contributed by atoms with Crippen LogP contribution in [-0.2, 0) is 6.54 Å². The lowest BCUT2D eigenvalue weighted by molar-refractivity contribution is 0.624. The molecule has 0 radical (unpaired) electrons. The number of pyridine rings is 1. The van der Waals surface area contributed by atoms with E-state index in [-0.39, 0.29) is 5.82 Å². The van der Waals surface area contributed by atoms with Gasteiger partial charge in [-0.1, -0.05) is 29.8 Å². The Hall–Kier alpha value is -2.97. The lowest BCUT2D eigenvalue weighted by Gasteiger charge is -2.04. The molecule has 2 heterocycles. The molecule has 0 aliphatic carbocycles. The van der Waals surface area contributed by atoms with Crippen LogP contribution in [0, 0.1) is 24.1 Å². The Morgan fingerprint density at radius 2 is 2.04 bits per heavy atom. The average molecular weight is 353 g/mol. The third-order valence-electron chi connectivity index (χ3n) is 3.70. The first-order chi connectivity index (χ1) is 12.1. The quantitative estimate of drug-likeness (QED) is 0.650. The van der Waals surface area contributed by atoms with Crippen LogP contribution in [-0.4, -0.2) is 14.8 Å². The second-order valence-electron chi connectivity index (χ2n) is 5.46. The van der Waals surface area contributed by atoms with E-state index < -0.39 is 0 Å². The molecule has 1 aromatic carbocycles. The fraction of sp³-hybridized carbons (Fsp3) is 0.105. The predicted octanol–water partition coefficient (Wildman–Crippen LogP) is 4.49. The van der Waals surface area contributed by atoms with E-state index in [4.69, 9.17) is 11.6 Å². The van der Waals surface area contributed by atoms with Crippen LogP contribution in [0.15, 0.2) is 48.7 Å². The smallest absolute Gasteiger partial charge is 0.134 e. The first-order valence-corrected chi connectivity index (χ1v) is 7.97. The van der Waals surface area contributed by atoms with Crippen molar-refractivity contribution in [1.82, 2.24) is 14.8 Å². The number of allylic oxidation sites excluding steroid dienone is 1. The van der Waals surface area contributed by atoms with Gasteiger partial charge in [-0.05, 0) is 42.8 Å². The lowest BCUT2D eigenvalue weighted by atomic mass is 10.1. The summed E-state index contributed by atoms with van der Waals surface area (Å²) < 4.78 is 14.7. The van der Waals surface area contributed by atoms with E-state index in [9.17, 15) is 9.65 Å². The molecule has 3 rings (SSSR count). The third kappa shape index (κ3) is 3.76. The highest BCUT2D eigenvalue weighted by molar-refractivity contribution is 6.31. The highest BCUT2D eigenvalue weighted by Crippen LogP contribution is 2.25. The molecule has 2 aromatic heterocycles. The molecule has 0 atom stereocenters. The molecule has 0 fully saturated rings. The molecule has 0 bridgehead atoms. The summed E-state index contributed by atoms with van der Waals surface area (Å²) in [5.74, 6) is -0.288. The minimum Gasteiger partial charge on any atom is -0.256 e. The summed E-state index contributed by atoms with van der Waals surface area (Å²) in [4.78, 5) is 4.19. The maximum absolute atomic E-state index is 13.0. The van der Waals surface area contributed by atoms with Crippen molar-refractivity contribution in [3.8, 4) is 6.07 Å². The van der Waals surface area contributed by atoms with Gasteiger partial charge in [0.15, 0.2) is 0 Å². The van der Waals surface area contributed by atoms with Gasteiger partial charge in [0, 0.05) is 11.8 Å². The number of nitriles is 1. The SMILES string of the molecule is Cc1nn(Cc2ccc(F)cc2)c(Cl)c1/C=C(/C#N)c1ccccn1. The topological polar surface area (TPSA) is 54.5 Å². The summed E-state index contributed by atoms with van der Waals surface area (Å²) in [7, 11) is 0. The summed E-state index contributed by atoms with van der Waals surface area (Å²) in [6.07, 6.45) is 3.32. The molecule has 4 nitrogen and oxygen atoms in total. The van der Waals surface area contributed by atoms with Gasteiger partial charge in [-0.15, -0.1) is 0 Å². The van der Waals surface area contributed by atoms with E-state index >= 15 is 0 Å². The number of benzene rings is 1. The van der Waals surface area contributed by atoms with Gasteiger partial charge in [-0.25, -0.2) is 9.07 Å². The highest BCUT2D eigenvalue weighted by Gasteiger charge is 2.14. The zero-order chi connectivity index (χ0) is 17.8. The Labute approximate surface area is 149 Å². The monoisotopic (exact) mass is 352 g/mol. The first-order valence-electron chi connectivity index (χ1n) is 7.59. The second kappa shape index (κ2) is 7.29. The van der Waals surface area contributed by atoms with E-state index in [1.165, 1.54) is 12.1 Å². The highest BCUT2D eigenvalue weighted by atomic mass is 35.5. The molecule has 0 saturated heterocycles. The zero-order valence-corrected chi connectivity index (χ0v) is 14.2. The molecule has 6 heteroatoms. The number of halogens is 2. The molecular formula is C19H14ClFN4.